The van der Waals surface area contributed by atoms with Gasteiger partial charge in [0, 0.05) is 16.7 Å². The summed E-state index contributed by atoms with van der Waals surface area (Å²) < 4.78 is 0.944. The number of benzene rings is 2. The van der Waals surface area contributed by atoms with Crippen molar-refractivity contribution < 1.29 is 0 Å². The molecule has 1 nitrogen and oxygen atoms in total. The van der Waals surface area contributed by atoms with Crippen LogP contribution in [-0.2, 0) is 19.4 Å². The van der Waals surface area contributed by atoms with Crippen molar-refractivity contribution in [1.82, 2.24) is 0 Å². The van der Waals surface area contributed by atoms with Crippen molar-refractivity contribution >= 4 is 33.2 Å². The Kier molecular flexibility index (Phi) is 4.32. The Labute approximate surface area is 133 Å². The molecule has 0 atom stereocenters. The van der Waals surface area contributed by atoms with Gasteiger partial charge in [-0.25, -0.2) is 0 Å². The molecule has 3 rings (SSSR count). The van der Waals surface area contributed by atoms with E-state index in [0.717, 1.165) is 16.0 Å². The van der Waals surface area contributed by atoms with Gasteiger partial charge in [0.1, 0.15) is 0 Å². The van der Waals surface area contributed by atoms with Gasteiger partial charge in [-0.3, -0.25) is 0 Å². The summed E-state index contributed by atoms with van der Waals surface area (Å²) in [5.74, 6) is 0. The summed E-state index contributed by atoms with van der Waals surface area (Å²) in [6.07, 6.45) is 5.03. The minimum atomic E-state index is 0.763. The van der Waals surface area contributed by atoms with E-state index in [-0.39, 0.29) is 0 Å². The average Bonchev–Trinajstić information content (AvgIpc) is 2.48. The van der Waals surface area contributed by atoms with Gasteiger partial charge in [-0.05, 0) is 76.5 Å². The van der Waals surface area contributed by atoms with Gasteiger partial charge in [0.15, 0.2) is 0 Å². The largest absolute Gasteiger partial charge is 0.381 e. The summed E-state index contributed by atoms with van der Waals surface area (Å²) in [6, 6.07) is 12.7. The number of anilines is 1. The fourth-order valence-corrected chi connectivity index (χ4v) is 3.24. The van der Waals surface area contributed by atoms with Crippen molar-refractivity contribution in [2.24, 2.45) is 0 Å². The second-order valence-electron chi connectivity index (χ2n) is 5.25. The Balaban J connectivity index is 1.76. The lowest BCUT2D eigenvalue weighted by molar-refractivity contribution is 0.686. The highest BCUT2D eigenvalue weighted by Gasteiger charge is 2.12. The minimum absolute atomic E-state index is 0.763. The van der Waals surface area contributed by atoms with Crippen molar-refractivity contribution in [2.75, 3.05) is 5.32 Å². The predicted octanol–water partition coefficient (Wildman–Crippen LogP) is 5.59. The minimum Gasteiger partial charge on any atom is -0.381 e. The highest BCUT2D eigenvalue weighted by molar-refractivity contribution is 9.10. The summed E-state index contributed by atoms with van der Waals surface area (Å²) in [5, 5.41) is 4.33. The predicted molar refractivity (Wildman–Crippen MR) is 89.6 cm³/mol. The van der Waals surface area contributed by atoms with Gasteiger partial charge in [-0.15, -0.1) is 0 Å². The molecule has 0 heterocycles. The summed E-state index contributed by atoms with van der Waals surface area (Å²) in [5.41, 5.74) is 5.49. The molecule has 0 saturated heterocycles. The summed E-state index contributed by atoms with van der Waals surface area (Å²) in [7, 11) is 0. The van der Waals surface area contributed by atoms with E-state index in [4.69, 9.17) is 11.6 Å². The second-order valence-corrected chi connectivity index (χ2v) is 6.51. The van der Waals surface area contributed by atoms with Crippen molar-refractivity contribution in [2.45, 2.75) is 32.2 Å². The third-order valence-electron chi connectivity index (χ3n) is 3.86. The molecule has 0 spiro atoms. The Morgan fingerprint density at radius 2 is 1.95 bits per heavy atom. The van der Waals surface area contributed by atoms with E-state index < -0.39 is 0 Å². The van der Waals surface area contributed by atoms with Crippen molar-refractivity contribution in [3.63, 3.8) is 0 Å². The van der Waals surface area contributed by atoms with Crippen LogP contribution in [0.5, 0.6) is 0 Å². The van der Waals surface area contributed by atoms with Gasteiger partial charge >= 0.3 is 0 Å². The first kappa shape index (κ1) is 14.0. The number of hydrogen-bond donors (Lipinski definition) is 1. The van der Waals surface area contributed by atoms with Crippen LogP contribution in [0.2, 0.25) is 5.02 Å². The number of rotatable bonds is 3. The summed E-state index contributed by atoms with van der Waals surface area (Å²) in [4.78, 5) is 0. The first-order valence-electron chi connectivity index (χ1n) is 7.02. The van der Waals surface area contributed by atoms with Gasteiger partial charge in [-0.2, -0.15) is 0 Å². The molecule has 104 valence electrons. The molecule has 1 aliphatic rings. The monoisotopic (exact) mass is 349 g/mol. The molecule has 0 fully saturated rings. The van der Waals surface area contributed by atoms with E-state index in [0.29, 0.717) is 0 Å². The molecule has 2 aromatic carbocycles. The van der Waals surface area contributed by atoms with E-state index in [1.807, 2.05) is 12.1 Å². The highest BCUT2D eigenvalue weighted by Crippen LogP contribution is 2.29. The van der Waals surface area contributed by atoms with Crippen LogP contribution >= 0.6 is 27.5 Å². The number of fused-ring (bicyclic) bond motifs is 1. The van der Waals surface area contributed by atoms with Gasteiger partial charge in [0.2, 0.25) is 0 Å². The quantitative estimate of drug-likeness (QED) is 0.760. The molecule has 1 N–H and O–H groups in total. The fraction of sp³-hybridized carbons (Fsp3) is 0.294. The molecule has 20 heavy (non-hydrogen) atoms. The Hall–Kier alpha value is -0.990. The van der Waals surface area contributed by atoms with E-state index in [1.54, 1.807) is 0 Å². The maximum Gasteiger partial charge on any atom is 0.0551 e. The van der Waals surface area contributed by atoms with Crippen LogP contribution in [0.1, 0.15) is 29.5 Å². The maximum absolute atomic E-state index is 6.14. The molecular formula is C17H17BrClN. The lowest BCUT2D eigenvalue weighted by atomic mass is 9.90. The molecule has 0 aliphatic heterocycles. The van der Waals surface area contributed by atoms with Gasteiger partial charge in [0.25, 0.3) is 0 Å². The first-order chi connectivity index (χ1) is 9.74. The number of aryl methyl sites for hydroxylation is 1. The maximum atomic E-state index is 6.14. The van der Waals surface area contributed by atoms with E-state index in [1.165, 1.54) is 48.1 Å². The van der Waals surface area contributed by atoms with Crippen LogP contribution in [0, 0.1) is 0 Å². The van der Waals surface area contributed by atoms with Gasteiger partial charge in [-0.1, -0.05) is 29.8 Å². The SMILES string of the molecule is Clc1cc(CNc2cccc3c2CCCC3)ccc1Br. The van der Waals surface area contributed by atoms with Crippen molar-refractivity contribution in [1.29, 1.82) is 0 Å². The Morgan fingerprint density at radius 3 is 2.80 bits per heavy atom. The van der Waals surface area contributed by atoms with Crippen LogP contribution in [-0.4, -0.2) is 0 Å². The van der Waals surface area contributed by atoms with Crippen LogP contribution in [0.4, 0.5) is 5.69 Å². The third-order valence-corrected chi connectivity index (χ3v) is 5.10. The molecule has 3 heteroatoms. The van der Waals surface area contributed by atoms with Gasteiger partial charge < -0.3 is 5.32 Å². The van der Waals surface area contributed by atoms with Crippen LogP contribution < -0.4 is 5.32 Å². The molecule has 0 unspecified atom stereocenters. The normalized spacial score (nSPS) is 13.9. The number of hydrogen-bond acceptors (Lipinski definition) is 1. The molecule has 0 radical (unpaired) electrons. The van der Waals surface area contributed by atoms with Gasteiger partial charge in [0.05, 0.1) is 5.02 Å². The van der Waals surface area contributed by atoms with Crippen LogP contribution in [0.25, 0.3) is 0 Å². The molecule has 0 bridgehead atoms. The van der Waals surface area contributed by atoms with Crippen LogP contribution in [0.3, 0.4) is 0 Å². The Bertz CT molecular complexity index is 624. The van der Waals surface area contributed by atoms with Crippen molar-refractivity contribution in [3.05, 3.63) is 62.6 Å². The number of halogens is 2. The smallest absolute Gasteiger partial charge is 0.0551 e. The standard InChI is InChI=1S/C17H17BrClN/c18-15-9-8-12(10-16(15)19)11-20-17-7-3-5-13-4-1-2-6-14(13)17/h3,5,7-10,20H,1-2,4,6,11H2. The molecular weight excluding hydrogens is 334 g/mol. The topological polar surface area (TPSA) is 12.0 Å². The lowest BCUT2D eigenvalue weighted by Gasteiger charge is -2.20. The van der Waals surface area contributed by atoms with E-state index in [9.17, 15) is 0 Å². The van der Waals surface area contributed by atoms with E-state index >= 15 is 0 Å². The molecule has 0 saturated carbocycles. The van der Waals surface area contributed by atoms with Crippen LogP contribution in [0.15, 0.2) is 40.9 Å². The van der Waals surface area contributed by atoms with E-state index in [2.05, 4.69) is 45.5 Å². The summed E-state index contributed by atoms with van der Waals surface area (Å²) in [6.45, 7) is 0.809. The third kappa shape index (κ3) is 3.02. The van der Waals surface area contributed by atoms with Crippen molar-refractivity contribution in [3.8, 4) is 0 Å². The zero-order valence-electron chi connectivity index (χ0n) is 11.3. The molecule has 0 amide bonds. The first-order valence-corrected chi connectivity index (χ1v) is 8.20. The summed E-state index contributed by atoms with van der Waals surface area (Å²) >= 11 is 9.56. The molecule has 1 aliphatic carbocycles. The lowest BCUT2D eigenvalue weighted by Crippen LogP contribution is -2.08. The number of nitrogens with one attached hydrogen (secondary N) is 1. The highest BCUT2D eigenvalue weighted by atomic mass is 79.9. The zero-order chi connectivity index (χ0) is 13.9. The molecule has 0 aromatic heterocycles. The zero-order valence-corrected chi connectivity index (χ0v) is 13.6. The molecule has 2 aromatic rings. The average molecular weight is 351 g/mol. The fourth-order valence-electron chi connectivity index (χ4n) is 2.79. The Morgan fingerprint density at radius 1 is 1.10 bits per heavy atom. The second kappa shape index (κ2) is 6.19.